The molecule has 1 atom stereocenters. The van der Waals surface area contributed by atoms with Crippen LogP contribution >= 0.6 is 23.4 Å². The summed E-state index contributed by atoms with van der Waals surface area (Å²) in [4.78, 5) is 2.24. The van der Waals surface area contributed by atoms with Gasteiger partial charge in [0.25, 0.3) is 0 Å². The Morgan fingerprint density at radius 2 is 1.74 bits per heavy atom. The van der Waals surface area contributed by atoms with E-state index in [0.29, 0.717) is 5.02 Å². The molecule has 2 N–H and O–H groups in total. The van der Waals surface area contributed by atoms with Crippen molar-refractivity contribution in [3.63, 3.8) is 0 Å². The van der Waals surface area contributed by atoms with E-state index in [1.807, 2.05) is 49.4 Å². The second-order valence-electron chi connectivity index (χ2n) is 4.25. The molecular formula is C15H16ClNOS. The second kappa shape index (κ2) is 6.33. The van der Waals surface area contributed by atoms with Gasteiger partial charge in [-0.25, -0.2) is 0 Å². The standard InChI is InChI=1S/C15H16ClNOS/c1-10(17)14-8-7-13(9-15(14)16)19-12-5-3-11(18-2)4-6-12/h3-10H,17H2,1-2H3. The zero-order valence-corrected chi connectivity index (χ0v) is 12.5. The molecule has 0 aromatic heterocycles. The van der Waals surface area contributed by atoms with Crippen LogP contribution in [0.5, 0.6) is 5.75 Å². The van der Waals surface area contributed by atoms with E-state index in [4.69, 9.17) is 22.1 Å². The van der Waals surface area contributed by atoms with Gasteiger partial charge in [0.15, 0.2) is 0 Å². The van der Waals surface area contributed by atoms with E-state index in [1.165, 1.54) is 0 Å². The summed E-state index contributed by atoms with van der Waals surface area (Å²) in [7, 11) is 1.66. The van der Waals surface area contributed by atoms with E-state index in [0.717, 1.165) is 21.1 Å². The fourth-order valence-electron chi connectivity index (χ4n) is 1.72. The summed E-state index contributed by atoms with van der Waals surface area (Å²) in [5.74, 6) is 0.856. The predicted octanol–water partition coefficient (Wildman–Crippen LogP) is 4.52. The van der Waals surface area contributed by atoms with Crippen LogP contribution in [0.15, 0.2) is 52.3 Å². The molecule has 0 saturated heterocycles. The highest BCUT2D eigenvalue weighted by Crippen LogP contribution is 2.32. The molecule has 1 unspecified atom stereocenters. The van der Waals surface area contributed by atoms with Gasteiger partial charge in [0.1, 0.15) is 5.75 Å². The van der Waals surface area contributed by atoms with Gasteiger partial charge in [0.2, 0.25) is 0 Å². The zero-order chi connectivity index (χ0) is 13.8. The predicted molar refractivity (Wildman–Crippen MR) is 81.2 cm³/mol. The molecule has 0 aliphatic rings. The number of ether oxygens (including phenoxy) is 1. The molecule has 4 heteroatoms. The minimum Gasteiger partial charge on any atom is -0.497 e. The maximum atomic E-state index is 6.22. The first kappa shape index (κ1) is 14.3. The molecule has 2 aromatic carbocycles. The summed E-state index contributed by atoms with van der Waals surface area (Å²) in [5, 5.41) is 0.716. The Morgan fingerprint density at radius 3 is 2.26 bits per heavy atom. The lowest BCUT2D eigenvalue weighted by molar-refractivity contribution is 0.414. The molecule has 0 aliphatic carbocycles. The van der Waals surface area contributed by atoms with E-state index < -0.39 is 0 Å². The quantitative estimate of drug-likeness (QED) is 0.900. The first-order chi connectivity index (χ1) is 9.10. The summed E-state index contributed by atoms with van der Waals surface area (Å²) < 4.78 is 5.14. The number of rotatable bonds is 4. The van der Waals surface area contributed by atoms with Crippen molar-refractivity contribution in [2.45, 2.75) is 22.8 Å². The Labute approximate surface area is 122 Å². The number of hydrogen-bond donors (Lipinski definition) is 1. The molecule has 0 bridgehead atoms. The van der Waals surface area contributed by atoms with Gasteiger partial charge in [-0.05, 0) is 48.9 Å². The third kappa shape index (κ3) is 3.66. The van der Waals surface area contributed by atoms with E-state index >= 15 is 0 Å². The Balaban J connectivity index is 2.16. The van der Waals surface area contributed by atoms with Crippen molar-refractivity contribution in [1.82, 2.24) is 0 Å². The van der Waals surface area contributed by atoms with Crippen molar-refractivity contribution in [1.29, 1.82) is 0 Å². The molecule has 0 amide bonds. The van der Waals surface area contributed by atoms with Gasteiger partial charge in [0, 0.05) is 20.9 Å². The maximum absolute atomic E-state index is 6.22. The van der Waals surface area contributed by atoms with Crippen LogP contribution in [0.3, 0.4) is 0 Å². The molecular weight excluding hydrogens is 278 g/mol. The average molecular weight is 294 g/mol. The molecule has 100 valence electrons. The Kier molecular flexibility index (Phi) is 4.75. The maximum Gasteiger partial charge on any atom is 0.118 e. The molecule has 2 aromatic rings. The van der Waals surface area contributed by atoms with E-state index in [9.17, 15) is 0 Å². The largest absolute Gasteiger partial charge is 0.497 e. The molecule has 0 saturated carbocycles. The van der Waals surface area contributed by atoms with Crippen LogP contribution in [0.4, 0.5) is 0 Å². The Hall–Kier alpha value is -1.16. The summed E-state index contributed by atoms with van der Waals surface area (Å²) in [6.45, 7) is 1.93. The normalized spacial score (nSPS) is 12.2. The highest BCUT2D eigenvalue weighted by Gasteiger charge is 2.07. The summed E-state index contributed by atoms with van der Waals surface area (Å²) in [6, 6.07) is 13.9. The number of nitrogens with two attached hydrogens (primary N) is 1. The van der Waals surface area contributed by atoms with Crippen molar-refractivity contribution < 1.29 is 4.74 Å². The van der Waals surface area contributed by atoms with Crippen LogP contribution in [0.1, 0.15) is 18.5 Å². The molecule has 19 heavy (non-hydrogen) atoms. The minimum atomic E-state index is -0.0486. The van der Waals surface area contributed by atoms with Crippen LogP contribution in [0.25, 0.3) is 0 Å². The van der Waals surface area contributed by atoms with Crippen LogP contribution in [0, 0.1) is 0 Å². The summed E-state index contributed by atoms with van der Waals surface area (Å²) in [5.41, 5.74) is 6.82. The van der Waals surface area contributed by atoms with Crippen molar-refractivity contribution >= 4 is 23.4 Å². The van der Waals surface area contributed by atoms with Crippen LogP contribution in [-0.4, -0.2) is 7.11 Å². The third-order valence-corrected chi connectivity index (χ3v) is 4.08. The van der Waals surface area contributed by atoms with Crippen LogP contribution < -0.4 is 10.5 Å². The smallest absolute Gasteiger partial charge is 0.118 e. The van der Waals surface area contributed by atoms with E-state index in [2.05, 4.69) is 0 Å². The van der Waals surface area contributed by atoms with Crippen molar-refractivity contribution in [3.8, 4) is 5.75 Å². The zero-order valence-electron chi connectivity index (χ0n) is 10.9. The fraction of sp³-hybridized carbons (Fsp3) is 0.200. The molecule has 0 radical (unpaired) electrons. The van der Waals surface area contributed by atoms with Crippen molar-refractivity contribution in [2.75, 3.05) is 7.11 Å². The number of halogens is 1. The van der Waals surface area contributed by atoms with Gasteiger partial charge < -0.3 is 10.5 Å². The average Bonchev–Trinajstić information content (AvgIpc) is 2.39. The van der Waals surface area contributed by atoms with Gasteiger partial charge in [-0.15, -0.1) is 0 Å². The van der Waals surface area contributed by atoms with Gasteiger partial charge in [-0.3, -0.25) is 0 Å². The van der Waals surface area contributed by atoms with E-state index in [1.54, 1.807) is 18.9 Å². The highest BCUT2D eigenvalue weighted by molar-refractivity contribution is 7.99. The molecule has 2 nitrogen and oxygen atoms in total. The molecule has 0 aliphatic heterocycles. The molecule has 2 rings (SSSR count). The van der Waals surface area contributed by atoms with Gasteiger partial charge in [-0.2, -0.15) is 0 Å². The number of methoxy groups -OCH3 is 1. The van der Waals surface area contributed by atoms with Crippen LogP contribution in [-0.2, 0) is 0 Å². The third-order valence-electron chi connectivity index (χ3n) is 2.76. The fourth-order valence-corrected chi connectivity index (χ4v) is 3.00. The molecule has 0 heterocycles. The minimum absolute atomic E-state index is 0.0486. The molecule has 0 fully saturated rings. The number of benzene rings is 2. The Bertz CT molecular complexity index is 555. The SMILES string of the molecule is COc1ccc(Sc2ccc(C(C)N)c(Cl)c2)cc1. The number of hydrogen-bond acceptors (Lipinski definition) is 3. The topological polar surface area (TPSA) is 35.2 Å². The first-order valence-corrected chi connectivity index (χ1v) is 7.16. The van der Waals surface area contributed by atoms with Crippen molar-refractivity contribution in [2.24, 2.45) is 5.73 Å². The summed E-state index contributed by atoms with van der Waals surface area (Å²) in [6.07, 6.45) is 0. The second-order valence-corrected chi connectivity index (χ2v) is 5.80. The molecule has 0 spiro atoms. The lowest BCUT2D eigenvalue weighted by atomic mass is 10.1. The first-order valence-electron chi connectivity index (χ1n) is 5.97. The van der Waals surface area contributed by atoms with Gasteiger partial charge >= 0.3 is 0 Å². The summed E-state index contributed by atoms with van der Waals surface area (Å²) >= 11 is 7.89. The lowest BCUT2D eigenvalue weighted by Gasteiger charge is -2.10. The van der Waals surface area contributed by atoms with Crippen LogP contribution in [0.2, 0.25) is 5.02 Å². The van der Waals surface area contributed by atoms with Gasteiger partial charge in [0.05, 0.1) is 7.11 Å². The monoisotopic (exact) mass is 293 g/mol. The Morgan fingerprint density at radius 1 is 1.11 bits per heavy atom. The van der Waals surface area contributed by atoms with Gasteiger partial charge in [-0.1, -0.05) is 29.4 Å². The van der Waals surface area contributed by atoms with Crippen molar-refractivity contribution in [3.05, 3.63) is 53.1 Å². The van der Waals surface area contributed by atoms with E-state index in [-0.39, 0.29) is 6.04 Å². The highest BCUT2D eigenvalue weighted by atomic mass is 35.5. The lowest BCUT2D eigenvalue weighted by Crippen LogP contribution is -2.05.